The summed E-state index contributed by atoms with van der Waals surface area (Å²) >= 11 is 0. The summed E-state index contributed by atoms with van der Waals surface area (Å²) in [4.78, 5) is 12.7. The predicted molar refractivity (Wildman–Crippen MR) is 120 cm³/mol. The van der Waals surface area contributed by atoms with Crippen LogP contribution in [0.3, 0.4) is 0 Å². The third-order valence-corrected chi connectivity index (χ3v) is 6.42. The Morgan fingerprint density at radius 1 is 0.967 bits per heavy atom. The molecule has 0 spiro atoms. The number of rotatable bonds is 8. The van der Waals surface area contributed by atoms with Crippen molar-refractivity contribution in [3.63, 3.8) is 0 Å². The van der Waals surface area contributed by atoms with Gasteiger partial charge in [0.1, 0.15) is 0 Å². The van der Waals surface area contributed by atoms with Crippen LogP contribution in [0.4, 0.5) is 5.69 Å². The third kappa shape index (κ3) is 5.23. The average molecular weight is 421 g/mol. The molecule has 30 heavy (non-hydrogen) atoms. The van der Waals surface area contributed by atoms with Gasteiger partial charge in [-0.25, -0.2) is 8.42 Å². The summed E-state index contributed by atoms with van der Waals surface area (Å²) in [5.74, 6) is -0.217. The number of aryl methyl sites for hydroxylation is 1. The molecule has 0 radical (unpaired) electrons. The molecule has 3 aromatic carbocycles. The summed E-state index contributed by atoms with van der Waals surface area (Å²) in [5, 5.41) is 2.85. The van der Waals surface area contributed by atoms with Gasteiger partial charge in [-0.15, -0.1) is 6.58 Å². The van der Waals surface area contributed by atoms with E-state index in [9.17, 15) is 13.2 Å². The highest BCUT2D eigenvalue weighted by Gasteiger charge is 2.23. The van der Waals surface area contributed by atoms with Gasteiger partial charge in [-0.2, -0.15) is 4.31 Å². The number of sulfonamides is 1. The van der Waals surface area contributed by atoms with Crippen LogP contribution in [-0.2, 0) is 16.6 Å². The number of carbonyl (C=O) groups excluding carboxylic acids is 1. The van der Waals surface area contributed by atoms with Gasteiger partial charge in [0.05, 0.1) is 4.90 Å². The van der Waals surface area contributed by atoms with Gasteiger partial charge < -0.3 is 5.32 Å². The first-order valence-corrected chi connectivity index (χ1v) is 11.0. The summed E-state index contributed by atoms with van der Waals surface area (Å²) in [6.07, 6.45) is 1.56. The van der Waals surface area contributed by atoms with Gasteiger partial charge in [0.15, 0.2) is 0 Å². The number of hydrogen-bond acceptors (Lipinski definition) is 3. The van der Waals surface area contributed by atoms with Gasteiger partial charge in [0.25, 0.3) is 5.91 Å². The Morgan fingerprint density at radius 2 is 1.60 bits per heavy atom. The zero-order valence-electron chi connectivity index (χ0n) is 16.8. The Kier molecular flexibility index (Phi) is 6.82. The number of hydrogen-bond donors (Lipinski definition) is 1. The van der Waals surface area contributed by atoms with Gasteiger partial charge in [-0.3, -0.25) is 4.79 Å². The second kappa shape index (κ2) is 9.52. The molecular weight excluding hydrogens is 396 g/mol. The van der Waals surface area contributed by atoms with E-state index < -0.39 is 10.0 Å². The smallest absolute Gasteiger partial charge is 0.255 e. The standard InChI is InChI=1S/C24H24N2O3S/c1-3-17-26(30(28,29)23-7-5-4-6-8-23)18-20-11-13-21(14-12-20)24(27)25-22-15-9-19(2)10-16-22/h3-16H,1,17-18H2,2H3,(H,25,27). The van der Waals surface area contributed by atoms with E-state index in [1.807, 2.05) is 31.2 Å². The molecular formula is C24H24N2O3S. The van der Waals surface area contributed by atoms with Crippen molar-refractivity contribution < 1.29 is 13.2 Å². The van der Waals surface area contributed by atoms with Crippen LogP contribution in [-0.4, -0.2) is 25.2 Å². The number of amides is 1. The van der Waals surface area contributed by atoms with Crippen LogP contribution in [0.15, 0.2) is 96.4 Å². The fourth-order valence-corrected chi connectivity index (χ4v) is 4.36. The first kappa shape index (κ1) is 21.5. The van der Waals surface area contributed by atoms with Crippen LogP contribution in [0.25, 0.3) is 0 Å². The van der Waals surface area contributed by atoms with E-state index in [0.29, 0.717) is 5.56 Å². The molecule has 0 atom stereocenters. The quantitative estimate of drug-likeness (QED) is 0.541. The molecule has 1 N–H and O–H groups in total. The van der Waals surface area contributed by atoms with Crippen molar-refractivity contribution in [1.82, 2.24) is 4.31 Å². The Hall–Kier alpha value is -3.22. The maximum absolute atomic E-state index is 12.9. The molecule has 6 heteroatoms. The zero-order valence-corrected chi connectivity index (χ0v) is 17.6. The molecule has 0 bridgehead atoms. The summed E-state index contributed by atoms with van der Waals surface area (Å²) in [5.41, 5.74) is 3.12. The second-order valence-corrected chi connectivity index (χ2v) is 8.85. The molecule has 5 nitrogen and oxygen atoms in total. The third-order valence-electron chi connectivity index (χ3n) is 4.60. The monoisotopic (exact) mass is 420 g/mol. The van der Waals surface area contributed by atoms with Crippen molar-refractivity contribution >= 4 is 21.6 Å². The topological polar surface area (TPSA) is 66.5 Å². The highest BCUT2D eigenvalue weighted by molar-refractivity contribution is 7.89. The average Bonchev–Trinajstić information content (AvgIpc) is 2.76. The van der Waals surface area contributed by atoms with Gasteiger partial charge in [0, 0.05) is 24.3 Å². The van der Waals surface area contributed by atoms with Crippen molar-refractivity contribution in [2.24, 2.45) is 0 Å². The van der Waals surface area contributed by atoms with E-state index in [-0.39, 0.29) is 23.9 Å². The molecule has 0 aliphatic heterocycles. The maximum atomic E-state index is 12.9. The van der Waals surface area contributed by atoms with E-state index in [1.54, 1.807) is 60.7 Å². The number of nitrogens with one attached hydrogen (secondary N) is 1. The van der Waals surface area contributed by atoms with E-state index in [2.05, 4.69) is 11.9 Å². The summed E-state index contributed by atoms with van der Waals surface area (Å²) in [6, 6.07) is 22.8. The van der Waals surface area contributed by atoms with Crippen molar-refractivity contribution in [3.05, 3.63) is 108 Å². The molecule has 0 heterocycles. The van der Waals surface area contributed by atoms with Crippen LogP contribution in [0.5, 0.6) is 0 Å². The molecule has 0 aliphatic rings. The van der Waals surface area contributed by atoms with Crippen molar-refractivity contribution in [2.45, 2.75) is 18.4 Å². The molecule has 0 fully saturated rings. The largest absolute Gasteiger partial charge is 0.322 e. The minimum absolute atomic E-state index is 0.184. The molecule has 3 rings (SSSR count). The van der Waals surface area contributed by atoms with Gasteiger partial charge in [0.2, 0.25) is 10.0 Å². The summed E-state index contributed by atoms with van der Waals surface area (Å²) in [7, 11) is -3.65. The first-order valence-electron chi connectivity index (χ1n) is 9.53. The summed E-state index contributed by atoms with van der Waals surface area (Å²) < 4.78 is 27.2. The molecule has 0 saturated heterocycles. The maximum Gasteiger partial charge on any atom is 0.255 e. The number of nitrogens with zero attached hydrogens (tertiary/aromatic N) is 1. The molecule has 0 saturated carbocycles. The lowest BCUT2D eigenvalue weighted by atomic mass is 10.1. The van der Waals surface area contributed by atoms with Crippen LogP contribution >= 0.6 is 0 Å². The number of benzene rings is 3. The summed E-state index contributed by atoms with van der Waals surface area (Å²) in [6.45, 7) is 6.03. The fourth-order valence-electron chi connectivity index (χ4n) is 2.94. The van der Waals surface area contributed by atoms with Crippen LogP contribution < -0.4 is 5.32 Å². The van der Waals surface area contributed by atoms with E-state index in [4.69, 9.17) is 0 Å². The zero-order chi connectivity index (χ0) is 21.6. The molecule has 0 aromatic heterocycles. The second-order valence-electron chi connectivity index (χ2n) is 6.92. The minimum atomic E-state index is -3.65. The molecule has 0 unspecified atom stereocenters. The van der Waals surface area contributed by atoms with E-state index in [1.165, 1.54) is 4.31 Å². The minimum Gasteiger partial charge on any atom is -0.322 e. The van der Waals surface area contributed by atoms with Gasteiger partial charge in [-0.05, 0) is 48.9 Å². The molecule has 3 aromatic rings. The van der Waals surface area contributed by atoms with Crippen LogP contribution in [0.2, 0.25) is 0 Å². The first-order chi connectivity index (χ1) is 14.4. The fraction of sp³-hybridized carbons (Fsp3) is 0.125. The SMILES string of the molecule is C=CCN(Cc1ccc(C(=O)Nc2ccc(C)cc2)cc1)S(=O)(=O)c1ccccc1. The Morgan fingerprint density at radius 3 is 2.20 bits per heavy atom. The van der Waals surface area contributed by atoms with Gasteiger partial charge in [-0.1, -0.05) is 54.1 Å². The lowest BCUT2D eigenvalue weighted by Crippen LogP contribution is -2.30. The lowest BCUT2D eigenvalue weighted by molar-refractivity contribution is 0.102. The van der Waals surface area contributed by atoms with Crippen molar-refractivity contribution in [1.29, 1.82) is 0 Å². The van der Waals surface area contributed by atoms with Crippen LogP contribution in [0, 0.1) is 6.92 Å². The Labute approximate surface area is 177 Å². The molecule has 154 valence electrons. The van der Waals surface area contributed by atoms with Crippen LogP contribution in [0.1, 0.15) is 21.5 Å². The normalized spacial score (nSPS) is 11.3. The molecule has 0 aliphatic carbocycles. The number of anilines is 1. The highest BCUT2D eigenvalue weighted by Crippen LogP contribution is 2.19. The highest BCUT2D eigenvalue weighted by atomic mass is 32.2. The lowest BCUT2D eigenvalue weighted by Gasteiger charge is -2.21. The van der Waals surface area contributed by atoms with Crippen molar-refractivity contribution in [2.75, 3.05) is 11.9 Å². The molecule has 1 amide bonds. The van der Waals surface area contributed by atoms with E-state index in [0.717, 1.165) is 16.8 Å². The number of carbonyl (C=O) groups is 1. The predicted octanol–water partition coefficient (Wildman–Crippen LogP) is 4.62. The van der Waals surface area contributed by atoms with E-state index >= 15 is 0 Å². The van der Waals surface area contributed by atoms with Crippen molar-refractivity contribution in [3.8, 4) is 0 Å². The van der Waals surface area contributed by atoms with Gasteiger partial charge >= 0.3 is 0 Å². The Bertz CT molecular complexity index is 1110. The Balaban J connectivity index is 1.73.